The summed E-state index contributed by atoms with van der Waals surface area (Å²) in [5.41, 5.74) is 2.27. The van der Waals surface area contributed by atoms with Crippen molar-refractivity contribution in [2.45, 2.75) is 12.8 Å². The van der Waals surface area contributed by atoms with E-state index >= 15 is 0 Å². The van der Waals surface area contributed by atoms with Crippen molar-refractivity contribution in [1.29, 1.82) is 5.26 Å². The molecule has 1 aromatic rings. The van der Waals surface area contributed by atoms with Crippen LogP contribution >= 0.6 is 0 Å². The summed E-state index contributed by atoms with van der Waals surface area (Å²) in [4.78, 5) is 9.84. The molecule has 1 aromatic carbocycles. The summed E-state index contributed by atoms with van der Waals surface area (Å²) in [5.74, 6) is -0.394. The maximum absolute atomic E-state index is 9.84. The maximum atomic E-state index is 9.84. The van der Waals surface area contributed by atoms with E-state index in [4.69, 9.17) is 19.5 Å². The topological polar surface area (TPSA) is 77.8 Å². The Kier molecular flexibility index (Phi) is 31.8. The molecule has 1 rings (SSSR count). The van der Waals surface area contributed by atoms with E-state index in [9.17, 15) is 4.79 Å². The highest BCUT2D eigenvalue weighted by atomic mass is 16.5. The number of carbonyl (C=O) groups is 1. The fourth-order valence-electron chi connectivity index (χ4n) is 1.59. The quantitative estimate of drug-likeness (QED) is 0.0747. The molecule has 0 aliphatic heterocycles. The summed E-state index contributed by atoms with van der Waals surface area (Å²) in [5, 5.41) is 7.51. The number of benzene rings is 1. The Labute approximate surface area is 210 Å². The molecule has 0 aliphatic carbocycles. The van der Waals surface area contributed by atoms with Crippen molar-refractivity contribution in [2.24, 2.45) is 0 Å². The molecule has 0 spiro atoms. The lowest BCUT2D eigenvalue weighted by molar-refractivity contribution is -0.134. The molecule has 6 nitrogen and oxygen atoms in total. The molecule has 0 atom stereocenters. The van der Waals surface area contributed by atoms with Gasteiger partial charge in [0.2, 0.25) is 0 Å². The molecule has 35 heavy (non-hydrogen) atoms. The number of hydrogen-bond donors (Lipinski definition) is 0. The van der Waals surface area contributed by atoms with Crippen molar-refractivity contribution < 1.29 is 23.7 Å². The molecule has 0 radical (unpaired) electrons. The van der Waals surface area contributed by atoms with E-state index in [1.807, 2.05) is 36.4 Å². The maximum Gasteiger partial charge on any atom is 0.329 e. The number of hydrogen-bond acceptors (Lipinski definition) is 6. The Morgan fingerprint density at radius 3 is 1.54 bits per heavy atom. The summed E-state index contributed by atoms with van der Waals surface area (Å²) in [7, 11) is 1.31. The van der Waals surface area contributed by atoms with Crippen LogP contribution in [0.5, 0.6) is 0 Å². The number of ether oxygens (including phenoxy) is 4. The SMILES string of the molecule is C=CC#N.C=CC(=O)OC.C=CCCO/C=C/O/C=C/OCCC=C.C=Cc1ccccc1C=C. The first-order valence-corrected chi connectivity index (χ1v) is 10.5. The smallest absolute Gasteiger partial charge is 0.329 e. The van der Waals surface area contributed by atoms with E-state index in [0.29, 0.717) is 13.2 Å². The minimum absolute atomic E-state index is 0.394. The molecular weight excluding hydrogens is 442 g/mol. The number of carbonyl (C=O) groups excluding carboxylic acids is 1. The first-order valence-electron chi connectivity index (χ1n) is 10.5. The van der Waals surface area contributed by atoms with Gasteiger partial charge in [0.1, 0.15) is 25.0 Å². The Balaban J connectivity index is -0.000000438. The van der Waals surface area contributed by atoms with Gasteiger partial charge < -0.3 is 18.9 Å². The van der Waals surface area contributed by atoms with Crippen LogP contribution in [0.4, 0.5) is 0 Å². The Hall–Kier alpha value is -4.50. The molecule has 0 bridgehead atoms. The van der Waals surface area contributed by atoms with Crippen molar-refractivity contribution in [2.75, 3.05) is 20.3 Å². The average Bonchev–Trinajstić information content (AvgIpc) is 2.92. The van der Waals surface area contributed by atoms with Crippen LogP contribution in [-0.2, 0) is 23.7 Å². The standard InChI is InChI=1S/C12H18O3.C10H10.C4H6O2.C3H3N/c1-3-5-7-13-9-11-15-12-10-14-8-6-4-2;1-3-9-7-5-6-8-10(9)4-2;1-3-4(5)6-2;1-2-3-4/h3-4,9-12H,1-2,5-8H2;3-8H,1-2H2;3H,1H2,2H3;2H,1H2/b11-9+,12-10+;;;. The van der Waals surface area contributed by atoms with Crippen molar-refractivity contribution in [1.82, 2.24) is 0 Å². The number of esters is 1. The van der Waals surface area contributed by atoms with Crippen LogP contribution in [-0.4, -0.2) is 26.3 Å². The van der Waals surface area contributed by atoms with Crippen LogP contribution in [0.15, 0.2) is 113 Å². The Morgan fingerprint density at radius 2 is 1.29 bits per heavy atom. The lowest BCUT2D eigenvalue weighted by Gasteiger charge is -1.96. The van der Waals surface area contributed by atoms with Gasteiger partial charge in [-0.05, 0) is 24.0 Å². The predicted molar refractivity (Wildman–Crippen MR) is 146 cm³/mol. The van der Waals surface area contributed by atoms with Crippen LogP contribution in [0.2, 0.25) is 0 Å². The molecule has 0 amide bonds. The first kappa shape index (κ1) is 35.1. The van der Waals surface area contributed by atoms with E-state index in [1.54, 1.807) is 18.2 Å². The molecule has 0 fully saturated rings. The van der Waals surface area contributed by atoms with Crippen LogP contribution in [0.3, 0.4) is 0 Å². The molecule has 0 saturated carbocycles. The third-order valence-corrected chi connectivity index (χ3v) is 3.24. The van der Waals surface area contributed by atoms with Gasteiger partial charge in [0.15, 0.2) is 0 Å². The van der Waals surface area contributed by atoms with Crippen LogP contribution < -0.4 is 0 Å². The molecule has 188 valence electrons. The van der Waals surface area contributed by atoms with Gasteiger partial charge in [0.05, 0.1) is 26.4 Å². The highest BCUT2D eigenvalue weighted by Gasteiger charge is 1.89. The van der Waals surface area contributed by atoms with Crippen molar-refractivity contribution >= 4 is 18.1 Å². The fraction of sp³-hybridized carbons (Fsp3) is 0.172. The van der Waals surface area contributed by atoms with Gasteiger partial charge in [0, 0.05) is 12.2 Å². The zero-order chi connectivity index (χ0) is 27.0. The van der Waals surface area contributed by atoms with Gasteiger partial charge >= 0.3 is 5.97 Å². The minimum atomic E-state index is -0.394. The van der Waals surface area contributed by atoms with E-state index in [2.05, 4.69) is 44.2 Å². The second-order valence-electron chi connectivity index (χ2n) is 5.67. The van der Waals surface area contributed by atoms with Gasteiger partial charge in [-0.1, -0.05) is 74.9 Å². The lowest BCUT2D eigenvalue weighted by Crippen LogP contribution is -1.91. The van der Waals surface area contributed by atoms with E-state index in [-0.39, 0.29) is 0 Å². The van der Waals surface area contributed by atoms with Crippen LogP contribution in [0.25, 0.3) is 12.2 Å². The summed E-state index contributed by atoms with van der Waals surface area (Å²) >= 11 is 0. The molecule has 0 saturated heterocycles. The zero-order valence-corrected chi connectivity index (χ0v) is 20.6. The van der Waals surface area contributed by atoms with Crippen molar-refractivity contribution in [3.63, 3.8) is 0 Å². The van der Waals surface area contributed by atoms with Gasteiger partial charge in [-0.25, -0.2) is 4.79 Å². The van der Waals surface area contributed by atoms with Gasteiger partial charge in [-0.2, -0.15) is 5.26 Å². The van der Waals surface area contributed by atoms with Crippen LogP contribution in [0.1, 0.15) is 24.0 Å². The highest BCUT2D eigenvalue weighted by molar-refractivity contribution is 5.80. The zero-order valence-electron chi connectivity index (χ0n) is 20.6. The second kappa shape index (κ2) is 31.7. The molecule has 0 aliphatic rings. The number of nitriles is 1. The third-order valence-electron chi connectivity index (χ3n) is 3.24. The normalized spacial score (nSPS) is 8.57. The number of rotatable bonds is 13. The predicted octanol–water partition coefficient (Wildman–Crippen LogP) is 7.14. The molecule has 0 unspecified atom stereocenters. The first-order chi connectivity index (χ1) is 17.0. The van der Waals surface area contributed by atoms with Crippen molar-refractivity contribution in [3.05, 3.63) is 124 Å². The number of methoxy groups -OCH3 is 1. The van der Waals surface area contributed by atoms with E-state index in [1.165, 1.54) is 38.2 Å². The van der Waals surface area contributed by atoms with Gasteiger partial charge in [0.25, 0.3) is 0 Å². The van der Waals surface area contributed by atoms with Gasteiger partial charge in [-0.15, -0.1) is 13.2 Å². The fourth-order valence-corrected chi connectivity index (χ4v) is 1.59. The Bertz CT molecular complexity index is 783. The number of nitrogens with zero attached hydrogens (tertiary/aromatic N) is 1. The van der Waals surface area contributed by atoms with E-state index < -0.39 is 5.97 Å². The average molecular weight is 480 g/mol. The summed E-state index contributed by atoms with van der Waals surface area (Å²) in [6.45, 7) is 22.0. The second-order valence-corrected chi connectivity index (χ2v) is 5.67. The van der Waals surface area contributed by atoms with E-state index in [0.717, 1.165) is 30.0 Å². The highest BCUT2D eigenvalue weighted by Crippen LogP contribution is 2.10. The lowest BCUT2D eigenvalue weighted by atomic mass is 10.1. The monoisotopic (exact) mass is 479 g/mol. The molecule has 0 N–H and O–H groups in total. The summed E-state index contributed by atoms with van der Waals surface area (Å²) in [6.07, 6.45) is 17.0. The third kappa shape index (κ3) is 29.5. The molecule has 0 aromatic heterocycles. The summed E-state index contributed by atoms with van der Waals surface area (Å²) in [6, 6.07) is 9.71. The van der Waals surface area contributed by atoms with Crippen molar-refractivity contribution in [3.8, 4) is 6.07 Å². The minimum Gasteiger partial charge on any atom is -0.498 e. The Morgan fingerprint density at radius 1 is 0.857 bits per heavy atom. The van der Waals surface area contributed by atoms with Gasteiger partial charge in [-0.3, -0.25) is 0 Å². The number of allylic oxidation sites excluding steroid dienone is 1. The summed E-state index contributed by atoms with van der Waals surface area (Å²) < 4.78 is 19.2. The van der Waals surface area contributed by atoms with Crippen LogP contribution in [0, 0.1) is 11.3 Å². The largest absolute Gasteiger partial charge is 0.498 e. The molecule has 6 heteroatoms. The molecular formula is C29H37NO5. The molecule has 0 heterocycles.